The van der Waals surface area contributed by atoms with Crippen LogP contribution in [0.15, 0.2) is 0 Å². The van der Waals surface area contributed by atoms with Crippen molar-refractivity contribution in [2.24, 2.45) is 0 Å². The van der Waals surface area contributed by atoms with E-state index < -0.39 is 12.1 Å². The molecule has 0 spiro atoms. The number of aliphatic hydroxyl groups is 2. The van der Waals surface area contributed by atoms with E-state index in [2.05, 4.69) is 6.92 Å². The molecule has 1 heterocycles. The molecule has 0 bridgehead atoms. The monoisotopic (exact) mass is 315 g/mol. The second kappa shape index (κ2) is 12.3. The van der Waals surface area contributed by atoms with Gasteiger partial charge in [0.25, 0.3) is 0 Å². The van der Waals surface area contributed by atoms with E-state index in [0.717, 1.165) is 17.9 Å². The molecule has 0 aromatic heterocycles. The molecule has 0 radical (unpaired) electrons. The first-order valence-electron chi connectivity index (χ1n) is 9.48. The Morgan fingerprint density at radius 2 is 1.18 bits per heavy atom. The number of aliphatic hydroxyl groups excluding tert-OH is 2. The minimum Gasteiger partial charge on any atom is -0.395 e. The van der Waals surface area contributed by atoms with Gasteiger partial charge in [-0.15, -0.1) is 0 Å². The van der Waals surface area contributed by atoms with Crippen LogP contribution in [0, 0.1) is 0 Å². The van der Waals surface area contributed by atoms with Gasteiger partial charge in [0.05, 0.1) is 24.8 Å². The molecular weight excluding hydrogens is 278 g/mol. The Bertz CT molecular complexity index is 253. The average Bonchev–Trinajstić information content (AvgIpc) is 2.52. The van der Waals surface area contributed by atoms with Gasteiger partial charge < -0.3 is 15.4 Å². The largest absolute Gasteiger partial charge is 0.395 e. The van der Waals surface area contributed by atoms with Gasteiger partial charge in [-0.2, -0.15) is 5.06 Å². The van der Waals surface area contributed by atoms with Crippen molar-refractivity contribution in [1.82, 2.24) is 5.06 Å². The van der Waals surface area contributed by atoms with E-state index in [4.69, 9.17) is 5.11 Å². The van der Waals surface area contributed by atoms with Crippen LogP contribution < -0.4 is 0 Å². The second-order valence-electron chi connectivity index (χ2n) is 6.87. The maximum atomic E-state index is 9.75. The van der Waals surface area contributed by atoms with Crippen molar-refractivity contribution in [2.45, 2.75) is 109 Å². The number of hydrogen-bond donors (Lipinski definition) is 3. The highest BCUT2D eigenvalue weighted by Crippen LogP contribution is 2.28. The van der Waals surface area contributed by atoms with Crippen LogP contribution in [0.5, 0.6) is 0 Å². The summed E-state index contributed by atoms with van der Waals surface area (Å²) in [6.07, 6.45) is 16.1. The fourth-order valence-electron chi connectivity index (χ4n) is 3.40. The Balaban J connectivity index is 1.81. The SMILES string of the molecule is CCCCCCCCCCCCCC[C@@H]1[C@@H](O)[C@H](CO)N1O. The van der Waals surface area contributed by atoms with E-state index in [1.54, 1.807) is 0 Å². The third-order valence-corrected chi connectivity index (χ3v) is 5.01. The maximum Gasteiger partial charge on any atom is 0.0919 e. The molecule has 4 nitrogen and oxygen atoms in total. The quantitative estimate of drug-likeness (QED) is 0.426. The van der Waals surface area contributed by atoms with Crippen LogP contribution in [0.1, 0.15) is 90.4 Å². The van der Waals surface area contributed by atoms with E-state index in [0.29, 0.717) is 0 Å². The maximum absolute atomic E-state index is 9.75. The zero-order valence-electron chi connectivity index (χ0n) is 14.4. The molecule has 0 unspecified atom stereocenters. The predicted molar refractivity (Wildman–Crippen MR) is 90.0 cm³/mol. The van der Waals surface area contributed by atoms with Crippen LogP contribution in [-0.4, -0.2) is 45.3 Å². The van der Waals surface area contributed by atoms with Crippen LogP contribution >= 0.6 is 0 Å². The topological polar surface area (TPSA) is 63.9 Å². The van der Waals surface area contributed by atoms with Gasteiger partial charge in [0.2, 0.25) is 0 Å². The van der Waals surface area contributed by atoms with Crippen molar-refractivity contribution in [3.63, 3.8) is 0 Å². The van der Waals surface area contributed by atoms with E-state index in [-0.39, 0.29) is 12.6 Å². The fourth-order valence-corrected chi connectivity index (χ4v) is 3.40. The Hall–Kier alpha value is -0.160. The molecule has 1 fully saturated rings. The number of hydroxylamine groups is 2. The molecule has 3 atom stereocenters. The van der Waals surface area contributed by atoms with Crippen molar-refractivity contribution in [3.05, 3.63) is 0 Å². The summed E-state index contributed by atoms with van der Waals surface area (Å²) in [5, 5.41) is 29.5. The number of nitrogens with zero attached hydrogens (tertiary/aromatic N) is 1. The third-order valence-electron chi connectivity index (χ3n) is 5.01. The highest BCUT2D eigenvalue weighted by Gasteiger charge is 2.46. The predicted octanol–water partition coefficient (Wildman–Crippen LogP) is 3.87. The van der Waals surface area contributed by atoms with Crippen molar-refractivity contribution in [1.29, 1.82) is 0 Å². The molecule has 0 aliphatic carbocycles. The lowest BCUT2D eigenvalue weighted by molar-refractivity contribution is -0.286. The summed E-state index contributed by atoms with van der Waals surface area (Å²) in [5.41, 5.74) is 0. The summed E-state index contributed by atoms with van der Waals surface area (Å²) in [5.74, 6) is 0. The smallest absolute Gasteiger partial charge is 0.0919 e. The highest BCUT2D eigenvalue weighted by molar-refractivity contribution is 4.96. The van der Waals surface area contributed by atoms with Crippen LogP contribution in [0.3, 0.4) is 0 Å². The van der Waals surface area contributed by atoms with Gasteiger partial charge in [0, 0.05) is 0 Å². The molecule has 1 aliphatic rings. The Morgan fingerprint density at radius 3 is 1.59 bits per heavy atom. The van der Waals surface area contributed by atoms with E-state index in [1.165, 1.54) is 70.6 Å². The summed E-state index contributed by atoms with van der Waals surface area (Å²) in [6.45, 7) is 2.08. The summed E-state index contributed by atoms with van der Waals surface area (Å²) < 4.78 is 0. The molecule has 22 heavy (non-hydrogen) atoms. The first-order chi connectivity index (χ1) is 10.7. The molecule has 0 amide bonds. The lowest BCUT2D eigenvalue weighted by atomic mass is 9.88. The molecule has 0 saturated carbocycles. The standard InChI is InChI=1S/C18H37NO3/c1-2-3-4-5-6-7-8-9-10-11-12-13-14-16-18(21)17(15-20)19(16)22/h16-18,20-22H,2-15H2,1H3/t16-,17+,18-/m1/s1. The van der Waals surface area contributed by atoms with Crippen molar-refractivity contribution >= 4 is 0 Å². The van der Waals surface area contributed by atoms with Gasteiger partial charge in [-0.05, 0) is 6.42 Å². The number of unbranched alkanes of at least 4 members (excludes halogenated alkanes) is 11. The zero-order chi connectivity index (χ0) is 16.2. The summed E-state index contributed by atoms with van der Waals surface area (Å²) >= 11 is 0. The fraction of sp³-hybridized carbons (Fsp3) is 1.00. The van der Waals surface area contributed by atoms with Crippen LogP contribution in [0.25, 0.3) is 0 Å². The zero-order valence-corrected chi connectivity index (χ0v) is 14.4. The molecule has 1 saturated heterocycles. The molecule has 0 aromatic carbocycles. The van der Waals surface area contributed by atoms with E-state index in [9.17, 15) is 10.3 Å². The summed E-state index contributed by atoms with van der Waals surface area (Å²) in [7, 11) is 0. The van der Waals surface area contributed by atoms with Gasteiger partial charge in [-0.1, -0.05) is 84.0 Å². The third kappa shape index (κ3) is 6.95. The highest BCUT2D eigenvalue weighted by atomic mass is 16.5. The van der Waals surface area contributed by atoms with Crippen LogP contribution in [0.4, 0.5) is 0 Å². The van der Waals surface area contributed by atoms with Crippen LogP contribution in [-0.2, 0) is 0 Å². The van der Waals surface area contributed by atoms with Gasteiger partial charge in [0.15, 0.2) is 0 Å². The van der Waals surface area contributed by atoms with Crippen molar-refractivity contribution in [3.8, 4) is 0 Å². The lowest BCUT2D eigenvalue weighted by Crippen LogP contribution is -2.67. The van der Waals surface area contributed by atoms with Gasteiger partial charge in [-0.25, -0.2) is 0 Å². The lowest BCUT2D eigenvalue weighted by Gasteiger charge is -2.47. The minimum atomic E-state index is -0.567. The molecule has 3 N–H and O–H groups in total. The molecule has 1 rings (SSSR count). The Kier molecular flexibility index (Phi) is 11.1. The van der Waals surface area contributed by atoms with Crippen molar-refractivity contribution < 1.29 is 15.4 Å². The van der Waals surface area contributed by atoms with Gasteiger partial charge >= 0.3 is 0 Å². The Labute approximate surface area is 136 Å². The number of rotatable bonds is 14. The molecular formula is C18H37NO3. The van der Waals surface area contributed by atoms with Crippen molar-refractivity contribution in [2.75, 3.05) is 6.61 Å². The normalized spacial score (nSPS) is 25.4. The van der Waals surface area contributed by atoms with E-state index >= 15 is 0 Å². The summed E-state index contributed by atoms with van der Waals surface area (Å²) in [4.78, 5) is 0. The molecule has 132 valence electrons. The molecule has 1 aliphatic heterocycles. The number of hydrogen-bond acceptors (Lipinski definition) is 4. The summed E-state index contributed by atoms with van der Waals surface area (Å²) in [6, 6.07) is -0.636. The Morgan fingerprint density at radius 1 is 0.727 bits per heavy atom. The van der Waals surface area contributed by atoms with E-state index in [1.807, 2.05) is 0 Å². The first-order valence-corrected chi connectivity index (χ1v) is 9.48. The minimum absolute atomic E-state index is 0.166. The molecule has 0 aromatic rings. The first kappa shape index (κ1) is 19.9. The van der Waals surface area contributed by atoms with Gasteiger partial charge in [0.1, 0.15) is 0 Å². The molecule has 4 heteroatoms. The second-order valence-corrected chi connectivity index (χ2v) is 6.87. The van der Waals surface area contributed by atoms with Gasteiger partial charge in [-0.3, -0.25) is 0 Å². The van der Waals surface area contributed by atoms with Crippen LogP contribution in [0.2, 0.25) is 0 Å². The average molecular weight is 315 g/mol.